The predicted molar refractivity (Wildman–Crippen MR) is 436 cm³/mol. The van der Waals surface area contributed by atoms with E-state index in [4.69, 9.17) is 14.6 Å². The zero-order chi connectivity index (χ0) is 83.8. The Balaban J connectivity index is 0.000000163. The van der Waals surface area contributed by atoms with Gasteiger partial charge in [0.1, 0.15) is 46.6 Å². The van der Waals surface area contributed by atoms with Crippen LogP contribution in [0.3, 0.4) is 0 Å². The van der Waals surface area contributed by atoms with Crippen LogP contribution in [0.2, 0.25) is 0 Å². The van der Waals surface area contributed by atoms with Crippen molar-refractivity contribution in [3.8, 4) is 40.7 Å². The average molecular weight is 1610 g/mol. The van der Waals surface area contributed by atoms with Gasteiger partial charge in [0.2, 0.25) is 5.88 Å². The van der Waals surface area contributed by atoms with Gasteiger partial charge in [0.25, 0.3) is 11.8 Å². The summed E-state index contributed by atoms with van der Waals surface area (Å²) in [5.41, 5.74) is 5.54. The van der Waals surface area contributed by atoms with Crippen molar-refractivity contribution < 1.29 is 59.4 Å². The first-order valence-electron chi connectivity index (χ1n) is 37.9. The molecule has 0 bridgehead atoms. The number of urea groups is 2. The standard InChI is InChI=1S/C30H28FN7O3.C29H27F3N6O.C27H31F3N6O2/c1-30(2,3)26-17-27(38(37-26)19-7-9-23-18(14-19)6-5-12-33-23)36-29(40)35-24-10-8-20(15-22(24)31)41-21-11-13-34-25(16-21)28(39)32-4;1-20-5-6-22(16-21(20)8-10-25-18-33-27-4-3-11-34-38(25)27)28(39)35-24-9-7-23(26(17-24)29(30,31)32)19-37-14-12-36(2)13-15-37;1-3-20-16-25(32-18-31-20)38-23-9-7-21(8-10-23)33-26(37)34-22-6-5-19(24(15-22)27(28,29)30)17-36-13-11-35(4-2)12-14-36/h5-17H,1-4H3,(H,32,39)(H2,35,36,40);3-7,9,11,16-18H,12-15,19H2,1-2H3,(H,35,39);5-10,15-16,18H,3-4,11-14,17H2,1-2H3,(H2,33,34,37). The Kier molecular flexibility index (Phi) is 26.8. The van der Waals surface area contributed by atoms with Gasteiger partial charge < -0.3 is 45.9 Å². The molecule has 610 valence electrons. The van der Waals surface area contributed by atoms with Gasteiger partial charge in [0, 0.05) is 160 Å². The minimum atomic E-state index is -4.54. The van der Waals surface area contributed by atoms with Crippen molar-refractivity contribution in [2.24, 2.45) is 0 Å². The summed E-state index contributed by atoms with van der Waals surface area (Å²) in [4.78, 5) is 79.5. The minimum absolute atomic E-state index is 0.0467. The molecule has 8 heterocycles. The molecule has 6 aromatic carbocycles. The molecule has 0 aliphatic carbocycles. The van der Waals surface area contributed by atoms with Crippen LogP contribution in [0.1, 0.15) is 106 Å². The summed E-state index contributed by atoms with van der Waals surface area (Å²) < 4.78 is 113. The van der Waals surface area contributed by atoms with Crippen molar-refractivity contribution >= 4 is 69.0 Å². The smallest absolute Gasteiger partial charge is 0.416 e. The lowest BCUT2D eigenvalue weighted by molar-refractivity contribution is -0.139. The van der Waals surface area contributed by atoms with Crippen molar-refractivity contribution in [1.82, 2.24) is 69.2 Å². The molecule has 0 atom stereocenters. The summed E-state index contributed by atoms with van der Waals surface area (Å²) >= 11 is 0. The van der Waals surface area contributed by atoms with E-state index >= 15 is 0 Å². The number of amides is 6. The maximum Gasteiger partial charge on any atom is 0.416 e. The Morgan fingerprint density at radius 3 is 1.87 bits per heavy atom. The van der Waals surface area contributed by atoms with Crippen molar-refractivity contribution in [2.75, 3.05) is 99.6 Å². The van der Waals surface area contributed by atoms with E-state index in [1.165, 1.54) is 62.0 Å². The lowest BCUT2D eigenvalue weighted by Crippen LogP contribution is -2.45. The third-order valence-corrected chi connectivity index (χ3v) is 19.3. The third kappa shape index (κ3) is 22.4. The number of aryl methyl sites for hydroxylation is 2. The van der Waals surface area contributed by atoms with Crippen LogP contribution >= 0.6 is 0 Å². The largest absolute Gasteiger partial charge is 0.457 e. The number of alkyl halides is 6. The average Bonchev–Trinajstić information content (AvgIpc) is 1.62. The number of aromatic nitrogens is 9. The molecular weight excluding hydrogens is 1530 g/mol. The monoisotopic (exact) mass is 1610 g/mol. The number of hydrogen-bond donors (Lipinski definition) is 6. The van der Waals surface area contributed by atoms with Crippen LogP contribution in [0.5, 0.6) is 23.1 Å². The van der Waals surface area contributed by atoms with Gasteiger partial charge in [-0.05, 0) is 165 Å². The number of carbonyl (C=O) groups is 4. The number of likely N-dealkylation sites (N-methyl/N-ethyl adjacent to an activating group) is 2. The molecule has 14 rings (SSSR count). The number of imidazole rings is 1. The molecule has 2 aliphatic heterocycles. The van der Waals surface area contributed by atoms with Gasteiger partial charge in [-0.25, -0.2) is 38.1 Å². The molecule has 2 aliphatic rings. The Hall–Kier alpha value is -13.2. The molecule has 12 aromatic rings. The number of rotatable bonds is 18. The number of piperazine rings is 2. The molecule has 2 saturated heterocycles. The second-order valence-electron chi connectivity index (χ2n) is 28.8. The van der Waals surface area contributed by atoms with Crippen molar-refractivity contribution in [2.45, 2.75) is 78.8 Å². The SMILES string of the molecule is CCc1cc(Oc2ccc(NC(=O)Nc3ccc(CN4CCN(CC)CC4)c(C(F)(F)F)c3)cc2)ncn1.CNC(=O)c1cc(Oc2ccc(NC(=O)Nc3cc(C(C)(C)C)nn3-c3ccc4ncccc4c3)c(F)c2)ccn1.Cc1ccc(C(=O)Nc2ccc(CN3CCN(C)CC3)c(C(F)(F)F)c2)cc1C#Cc1cnc2cccnn12. The number of pyridine rings is 2. The van der Waals surface area contributed by atoms with E-state index in [0.29, 0.717) is 58.9 Å². The van der Waals surface area contributed by atoms with Crippen LogP contribution in [0, 0.1) is 24.6 Å². The molecule has 2 fully saturated rings. The Morgan fingerprint density at radius 1 is 0.559 bits per heavy atom. The van der Waals surface area contributed by atoms with Crippen LogP contribution in [-0.2, 0) is 37.3 Å². The van der Waals surface area contributed by atoms with E-state index in [-0.39, 0.29) is 69.6 Å². The Bertz CT molecular complexity index is 5650. The predicted octanol–water partition coefficient (Wildman–Crippen LogP) is 16.1. The number of nitrogens with zero attached hydrogens (tertiary/aromatic N) is 13. The van der Waals surface area contributed by atoms with E-state index in [1.807, 2.05) is 87.9 Å². The molecule has 6 aromatic heterocycles. The highest BCUT2D eigenvalue weighted by molar-refractivity contribution is 6.05. The van der Waals surface area contributed by atoms with Gasteiger partial charge in [-0.2, -0.15) is 36.5 Å². The highest BCUT2D eigenvalue weighted by atomic mass is 19.4. The molecule has 0 spiro atoms. The second-order valence-corrected chi connectivity index (χ2v) is 28.8. The molecular formula is C86H86F7N19O6. The van der Waals surface area contributed by atoms with Crippen LogP contribution < -0.4 is 41.4 Å². The topological polar surface area (TPSA) is 271 Å². The minimum Gasteiger partial charge on any atom is -0.457 e. The molecule has 32 heteroatoms. The van der Waals surface area contributed by atoms with Gasteiger partial charge >= 0.3 is 24.4 Å². The molecule has 118 heavy (non-hydrogen) atoms. The summed E-state index contributed by atoms with van der Waals surface area (Å²) in [6, 6.07) is 41.8. The van der Waals surface area contributed by atoms with E-state index in [1.54, 1.807) is 94.5 Å². The van der Waals surface area contributed by atoms with E-state index in [2.05, 4.69) is 90.5 Å². The van der Waals surface area contributed by atoms with Crippen LogP contribution in [-0.4, -0.2) is 161 Å². The highest BCUT2D eigenvalue weighted by Crippen LogP contribution is 2.38. The fraction of sp³-hybridized carbons (Fsp3) is 0.267. The summed E-state index contributed by atoms with van der Waals surface area (Å²) in [5.74, 6) is 6.32. The number of nitrogens with one attached hydrogen (secondary N) is 6. The molecule has 0 saturated carbocycles. The van der Waals surface area contributed by atoms with Crippen molar-refractivity contribution in [3.63, 3.8) is 0 Å². The van der Waals surface area contributed by atoms with E-state index < -0.39 is 47.3 Å². The maximum atomic E-state index is 14.9. The lowest BCUT2D eigenvalue weighted by Gasteiger charge is -2.34. The number of halogens is 7. The Morgan fingerprint density at radius 2 is 1.20 bits per heavy atom. The fourth-order valence-electron chi connectivity index (χ4n) is 12.7. The van der Waals surface area contributed by atoms with Crippen LogP contribution in [0.15, 0.2) is 195 Å². The molecule has 6 N–H and O–H groups in total. The van der Waals surface area contributed by atoms with Gasteiger partial charge in [-0.1, -0.05) is 64.8 Å². The highest BCUT2D eigenvalue weighted by Gasteiger charge is 2.36. The first-order chi connectivity index (χ1) is 56.5. The maximum absolute atomic E-state index is 14.9. The molecule has 25 nitrogen and oxygen atoms in total. The summed E-state index contributed by atoms with van der Waals surface area (Å²) in [5, 5.41) is 25.5. The van der Waals surface area contributed by atoms with Gasteiger partial charge in [-0.3, -0.25) is 34.7 Å². The van der Waals surface area contributed by atoms with E-state index in [0.717, 1.165) is 104 Å². The number of hydrogen-bond acceptors (Lipinski definition) is 17. The Labute approximate surface area is 676 Å². The molecule has 0 unspecified atom stereocenters. The number of fused-ring (bicyclic) bond motifs is 2. The fourth-order valence-corrected chi connectivity index (χ4v) is 12.7. The normalized spacial score (nSPS) is 13.5. The molecule has 0 radical (unpaired) electrons. The number of carbonyl (C=O) groups excluding carboxylic acids is 4. The number of ether oxygens (including phenoxy) is 2. The van der Waals surface area contributed by atoms with Crippen LogP contribution in [0.25, 0.3) is 22.2 Å². The number of anilines is 5. The van der Waals surface area contributed by atoms with Crippen LogP contribution in [0.4, 0.5) is 68.9 Å². The summed E-state index contributed by atoms with van der Waals surface area (Å²) in [6.07, 6.45) is -0.495. The first-order valence-corrected chi connectivity index (χ1v) is 37.9. The van der Waals surface area contributed by atoms with Crippen molar-refractivity contribution in [3.05, 3.63) is 262 Å². The summed E-state index contributed by atoms with van der Waals surface area (Å²) in [6.45, 7) is 19.5. The second kappa shape index (κ2) is 37.6. The van der Waals surface area contributed by atoms with Gasteiger partial charge in [-0.15, -0.1) is 0 Å². The first kappa shape index (κ1) is 84.2. The zero-order valence-corrected chi connectivity index (χ0v) is 65.9. The zero-order valence-electron chi connectivity index (χ0n) is 65.9. The lowest BCUT2D eigenvalue weighted by atomic mass is 9.92. The third-order valence-electron chi connectivity index (χ3n) is 19.3. The van der Waals surface area contributed by atoms with Crippen molar-refractivity contribution in [1.29, 1.82) is 0 Å². The van der Waals surface area contributed by atoms with Gasteiger partial charge in [0.15, 0.2) is 5.65 Å². The molecule has 6 amide bonds. The quantitative estimate of drug-likeness (QED) is 0.0344. The van der Waals surface area contributed by atoms with E-state index in [9.17, 15) is 49.9 Å². The number of benzene rings is 6. The van der Waals surface area contributed by atoms with Gasteiger partial charge in [0.05, 0.1) is 39.9 Å². The summed E-state index contributed by atoms with van der Waals surface area (Å²) in [7, 11) is 3.49.